The highest BCUT2D eigenvalue weighted by Crippen LogP contribution is 2.31. The topological polar surface area (TPSA) is 88.1 Å². The van der Waals surface area contributed by atoms with Crippen LogP contribution >= 0.6 is 15.9 Å². The molecule has 0 bridgehead atoms. The zero-order chi connectivity index (χ0) is 18.8. The highest BCUT2D eigenvalue weighted by Gasteiger charge is 2.30. The Labute approximate surface area is 151 Å². The lowest BCUT2D eigenvalue weighted by Crippen LogP contribution is -2.26. The third-order valence-electron chi connectivity index (χ3n) is 3.41. The van der Waals surface area contributed by atoms with E-state index in [2.05, 4.69) is 31.1 Å². The van der Waals surface area contributed by atoms with Crippen LogP contribution in [0.1, 0.15) is 50.8 Å². The lowest BCUT2D eigenvalue weighted by molar-refractivity contribution is -0.161. The molecular weight excluding hydrogens is 400 g/mol. The molecule has 0 aliphatic rings. The molecule has 0 aliphatic heterocycles. The number of carbonyl (C=O) groups excluding carboxylic acids is 1. The first-order valence-electron chi connectivity index (χ1n) is 7.50. The van der Waals surface area contributed by atoms with E-state index in [9.17, 15) is 18.7 Å². The van der Waals surface area contributed by atoms with Gasteiger partial charge in [0.05, 0.1) is 11.5 Å². The SMILES string of the molecule is CC(C)(C)C(=O)O[C@H](C[C@@H](O)c1ccc(F)c(F)c1)c1nc(Br)n[nH]1. The number of aliphatic hydroxyl groups excluding tert-OH is 1. The van der Waals surface area contributed by atoms with Gasteiger partial charge in [0, 0.05) is 6.42 Å². The Morgan fingerprint density at radius 1 is 1.36 bits per heavy atom. The van der Waals surface area contributed by atoms with Gasteiger partial charge in [-0.1, -0.05) is 6.07 Å². The Balaban J connectivity index is 2.23. The molecular formula is C16H18BrF2N3O3. The van der Waals surface area contributed by atoms with Crippen molar-refractivity contribution >= 4 is 21.9 Å². The number of halogens is 3. The van der Waals surface area contributed by atoms with Crippen LogP contribution < -0.4 is 0 Å². The molecule has 0 saturated heterocycles. The highest BCUT2D eigenvalue weighted by molar-refractivity contribution is 9.10. The van der Waals surface area contributed by atoms with Crippen LogP contribution in [0.25, 0.3) is 0 Å². The predicted molar refractivity (Wildman–Crippen MR) is 88.3 cm³/mol. The van der Waals surface area contributed by atoms with Gasteiger partial charge in [0.2, 0.25) is 4.73 Å². The molecule has 2 rings (SSSR count). The fourth-order valence-corrected chi connectivity index (χ4v) is 2.26. The number of aliphatic hydroxyl groups is 1. The fraction of sp³-hybridized carbons (Fsp3) is 0.438. The van der Waals surface area contributed by atoms with Crippen molar-refractivity contribution in [3.8, 4) is 0 Å². The van der Waals surface area contributed by atoms with Crippen molar-refractivity contribution in [3.63, 3.8) is 0 Å². The molecule has 0 amide bonds. The molecule has 1 heterocycles. The molecule has 0 unspecified atom stereocenters. The average Bonchev–Trinajstić information content (AvgIpc) is 2.94. The van der Waals surface area contributed by atoms with Gasteiger partial charge < -0.3 is 9.84 Å². The minimum atomic E-state index is -1.20. The Morgan fingerprint density at radius 3 is 2.56 bits per heavy atom. The number of rotatable bonds is 5. The number of hydrogen-bond donors (Lipinski definition) is 2. The monoisotopic (exact) mass is 417 g/mol. The number of H-pyrrole nitrogens is 1. The van der Waals surface area contributed by atoms with E-state index in [1.54, 1.807) is 20.8 Å². The van der Waals surface area contributed by atoms with Crippen molar-refractivity contribution in [3.05, 3.63) is 46.0 Å². The van der Waals surface area contributed by atoms with Crippen LogP contribution in [0, 0.1) is 17.0 Å². The zero-order valence-corrected chi connectivity index (χ0v) is 15.5. The molecule has 2 atom stereocenters. The molecule has 0 radical (unpaired) electrons. The smallest absolute Gasteiger partial charge is 0.311 e. The van der Waals surface area contributed by atoms with Gasteiger partial charge in [-0.05, 0) is 54.4 Å². The van der Waals surface area contributed by atoms with Crippen LogP contribution in [-0.4, -0.2) is 26.3 Å². The number of aromatic amines is 1. The Kier molecular flexibility index (Phi) is 5.89. The van der Waals surface area contributed by atoms with Crippen molar-refractivity contribution in [2.75, 3.05) is 0 Å². The first-order valence-corrected chi connectivity index (χ1v) is 8.29. The molecule has 25 heavy (non-hydrogen) atoms. The van der Waals surface area contributed by atoms with Crippen molar-refractivity contribution in [2.24, 2.45) is 5.41 Å². The van der Waals surface area contributed by atoms with Crippen LogP contribution in [0.5, 0.6) is 0 Å². The zero-order valence-electron chi connectivity index (χ0n) is 13.9. The molecule has 6 nitrogen and oxygen atoms in total. The summed E-state index contributed by atoms with van der Waals surface area (Å²) in [6, 6.07) is 3.09. The molecule has 9 heteroatoms. The average molecular weight is 418 g/mol. The van der Waals surface area contributed by atoms with E-state index in [-0.39, 0.29) is 22.5 Å². The lowest BCUT2D eigenvalue weighted by Gasteiger charge is -2.23. The van der Waals surface area contributed by atoms with Crippen LogP contribution in [0.3, 0.4) is 0 Å². The molecule has 2 N–H and O–H groups in total. The molecule has 136 valence electrons. The fourth-order valence-electron chi connectivity index (χ4n) is 1.98. The third-order valence-corrected chi connectivity index (χ3v) is 3.76. The van der Waals surface area contributed by atoms with Gasteiger partial charge in [0.15, 0.2) is 23.6 Å². The second kappa shape index (κ2) is 7.57. The maximum absolute atomic E-state index is 13.4. The number of nitrogens with one attached hydrogen (secondary N) is 1. The molecule has 0 saturated carbocycles. The van der Waals surface area contributed by atoms with E-state index < -0.39 is 35.2 Å². The third kappa shape index (κ3) is 5.05. The van der Waals surface area contributed by atoms with E-state index in [1.807, 2.05) is 0 Å². The highest BCUT2D eigenvalue weighted by atomic mass is 79.9. The van der Waals surface area contributed by atoms with Gasteiger partial charge in [0.25, 0.3) is 0 Å². The summed E-state index contributed by atoms with van der Waals surface area (Å²) in [6.45, 7) is 5.07. The van der Waals surface area contributed by atoms with Gasteiger partial charge in [0.1, 0.15) is 0 Å². The second-order valence-corrected chi connectivity index (χ2v) is 7.27. The Morgan fingerprint density at radius 2 is 2.04 bits per heavy atom. The van der Waals surface area contributed by atoms with Crippen LogP contribution in [0.2, 0.25) is 0 Å². The quantitative estimate of drug-likeness (QED) is 0.725. The summed E-state index contributed by atoms with van der Waals surface area (Å²) >= 11 is 3.09. The molecule has 1 aromatic carbocycles. The normalized spacial score (nSPS) is 14.2. The summed E-state index contributed by atoms with van der Waals surface area (Å²) < 4.78 is 32.1. The van der Waals surface area contributed by atoms with E-state index in [0.29, 0.717) is 0 Å². The van der Waals surface area contributed by atoms with Crippen LogP contribution in [0.4, 0.5) is 8.78 Å². The van der Waals surface area contributed by atoms with Gasteiger partial charge >= 0.3 is 5.97 Å². The van der Waals surface area contributed by atoms with Crippen molar-refractivity contribution in [2.45, 2.75) is 39.4 Å². The number of benzene rings is 1. The summed E-state index contributed by atoms with van der Waals surface area (Å²) in [4.78, 5) is 16.2. The van der Waals surface area contributed by atoms with Gasteiger partial charge in [-0.2, -0.15) is 0 Å². The minimum absolute atomic E-state index is 0.103. The van der Waals surface area contributed by atoms with E-state index in [0.717, 1.165) is 12.1 Å². The number of ether oxygens (including phenoxy) is 1. The minimum Gasteiger partial charge on any atom is -0.454 e. The lowest BCUT2D eigenvalue weighted by atomic mass is 9.97. The van der Waals surface area contributed by atoms with E-state index in [1.165, 1.54) is 6.07 Å². The van der Waals surface area contributed by atoms with Gasteiger partial charge in [-0.3, -0.25) is 9.89 Å². The summed E-state index contributed by atoms with van der Waals surface area (Å²) in [5.41, 5.74) is -0.600. The first kappa shape index (κ1) is 19.5. The molecule has 0 fully saturated rings. The summed E-state index contributed by atoms with van der Waals surface area (Å²) in [6.07, 6.45) is -2.24. The number of nitrogens with zero attached hydrogens (tertiary/aromatic N) is 2. The number of aromatic nitrogens is 3. The number of esters is 1. The first-order chi connectivity index (χ1) is 11.6. The van der Waals surface area contributed by atoms with Crippen LogP contribution in [-0.2, 0) is 9.53 Å². The number of hydrogen-bond acceptors (Lipinski definition) is 5. The van der Waals surface area contributed by atoms with Gasteiger partial charge in [-0.25, -0.2) is 13.8 Å². The van der Waals surface area contributed by atoms with E-state index in [4.69, 9.17) is 4.74 Å². The van der Waals surface area contributed by atoms with Crippen molar-refractivity contribution in [1.82, 2.24) is 15.2 Å². The maximum atomic E-state index is 13.4. The molecule has 2 aromatic rings. The Bertz CT molecular complexity index is 761. The Hall–Kier alpha value is -1.87. The standard InChI is InChI=1S/C16H18BrF2N3O3/c1-16(2,3)14(24)25-12(13-20-15(17)22-21-13)7-11(23)8-4-5-9(18)10(19)6-8/h4-6,11-12,23H,7H2,1-3H3,(H,20,21,22)/t11-,12-/m1/s1. The molecule has 0 aliphatic carbocycles. The summed E-state index contributed by atoms with van der Waals surface area (Å²) in [5, 5.41) is 16.8. The predicted octanol–water partition coefficient (Wildman–Crippen LogP) is 3.60. The molecule has 1 aromatic heterocycles. The second-order valence-electron chi connectivity index (χ2n) is 6.56. The van der Waals surface area contributed by atoms with Crippen LogP contribution in [0.15, 0.2) is 22.9 Å². The van der Waals surface area contributed by atoms with Gasteiger partial charge in [-0.15, -0.1) is 5.10 Å². The largest absolute Gasteiger partial charge is 0.454 e. The maximum Gasteiger partial charge on any atom is 0.311 e. The van der Waals surface area contributed by atoms with Crippen molar-refractivity contribution in [1.29, 1.82) is 0 Å². The van der Waals surface area contributed by atoms with E-state index >= 15 is 0 Å². The van der Waals surface area contributed by atoms with Crippen molar-refractivity contribution < 1.29 is 23.4 Å². The summed E-state index contributed by atoms with van der Waals surface area (Å²) in [5.74, 6) is -2.35. The molecule has 0 spiro atoms. The number of carbonyl (C=O) groups is 1. The summed E-state index contributed by atoms with van der Waals surface area (Å²) in [7, 11) is 0.